The summed E-state index contributed by atoms with van der Waals surface area (Å²) in [5, 5.41) is -2.46. The summed E-state index contributed by atoms with van der Waals surface area (Å²) in [6.07, 6.45) is -4.75. The maximum atomic E-state index is 12.8. The third kappa shape index (κ3) is 2.35. The Morgan fingerprint density at radius 3 is 2.14 bits per heavy atom. The van der Waals surface area contributed by atoms with Crippen molar-refractivity contribution in [3.05, 3.63) is 35.4 Å². The van der Waals surface area contributed by atoms with E-state index in [4.69, 9.17) is 11.6 Å². The lowest BCUT2D eigenvalue weighted by atomic mass is 10.1. The number of alkyl halides is 4. The predicted octanol–water partition coefficient (Wildman–Crippen LogP) is 3.81. The lowest BCUT2D eigenvalue weighted by molar-refractivity contribution is -0.132. The molecule has 0 N–H and O–H groups in total. The van der Waals surface area contributed by atoms with E-state index in [1.165, 1.54) is 0 Å². The molecule has 1 atom stereocenters. The van der Waals surface area contributed by atoms with Gasteiger partial charge in [-0.05, 0) is 6.07 Å². The van der Waals surface area contributed by atoms with Crippen molar-refractivity contribution in [3.8, 4) is 0 Å². The molecule has 0 nitrogen and oxygen atoms in total. The maximum absolute atomic E-state index is 12.8. The molecule has 0 aliphatic heterocycles. The summed E-state index contributed by atoms with van der Waals surface area (Å²) in [6.45, 7) is 0. The van der Waals surface area contributed by atoms with Crippen LogP contribution in [0.2, 0.25) is 0 Å². The van der Waals surface area contributed by atoms with Gasteiger partial charge >= 0.3 is 6.18 Å². The van der Waals surface area contributed by atoms with Gasteiger partial charge in [0, 0.05) is 11.6 Å². The Balaban J connectivity index is 3.08. The van der Waals surface area contributed by atoms with Crippen molar-refractivity contribution < 1.29 is 22.0 Å². The number of halogens is 6. The fourth-order valence-corrected chi connectivity index (χ4v) is 1.06. The second-order valence-corrected chi connectivity index (χ2v) is 3.01. The number of hydrogen-bond acceptors (Lipinski definition) is 0. The van der Waals surface area contributed by atoms with Crippen LogP contribution < -0.4 is 0 Å². The monoisotopic (exact) mass is 230 g/mol. The molecule has 78 valence electrons. The van der Waals surface area contributed by atoms with Crippen molar-refractivity contribution in [2.75, 3.05) is 0 Å². The minimum atomic E-state index is -4.75. The van der Waals surface area contributed by atoms with Crippen molar-refractivity contribution in [1.29, 1.82) is 0 Å². The highest BCUT2D eigenvalue weighted by Gasteiger charge is 2.40. The first-order valence-corrected chi connectivity index (χ1v) is 3.91. The van der Waals surface area contributed by atoms with Gasteiger partial charge in [0.1, 0.15) is 11.6 Å². The molecular weight excluding hydrogens is 227 g/mol. The Bertz CT molecular complexity index is 333. The summed E-state index contributed by atoms with van der Waals surface area (Å²) in [7, 11) is 0. The molecule has 0 bridgehead atoms. The van der Waals surface area contributed by atoms with Crippen LogP contribution in [0.15, 0.2) is 18.2 Å². The second kappa shape index (κ2) is 3.73. The molecule has 0 saturated heterocycles. The Morgan fingerprint density at radius 2 is 1.71 bits per heavy atom. The summed E-state index contributed by atoms with van der Waals surface area (Å²) >= 11 is 4.95. The molecule has 14 heavy (non-hydrogen) atoms. The molecule has 0 spiro atoms. The van der Waals surface area contributed by atoms with E-state index in [1.54, 1.807) is 0 Å². The topological polar surface area (TPSA) is 0 Å². The smallest absolute Gasteiger partial charge is 0.207 e. The molecule has 1 aromatic rings. The molecule has 0 saturated carbocycles. The van der Waals surface area contributed by atoms with Crippen LogP contribution in [-0.2, 0) is 0 Å². The first-order chi connectivity index (χ1) is 6.32. The summed E-state index contributed by atoms with van der Waals surface area (Å²) in [5.74, 6) is -2.25. The van der Waals surface area contributed by atoms with Crippen LogP contribution in [0.3, 0.4) is 0 Å². The molecule has 0 fully saturated rings. The second-order valence-electron chi connectivity index (χ2n) is 2.57. The van der Waals surface area contributed by atoms with E-state index in [9.17, 15) is 22.0 Å². The van der Waals surface area contributed by atoms with E-state index in [-0.39, 0.29) is 0 Å². The molecule has 0 amide bonds. The number of hydrogen-bond donors (Lipinski definition) is 0. The predicted molar refractivity (Wildman–Crippen MR) is 41.0 cm³/mol. The minimum Gasteiger partial charge on any atom is -0.207 e. The van der Waals surface area contributed by atoms with Crippen LogP contribution in [0.1, 0.15) is 10.9 Å². The van der Waals surface area contributed by atoms with Crippen molar-refractivity contribution in [2.45, 2.75) is 11.6 Å². The van der Waals surface area contributed by atoms with Gasteiger partial charge in [0.15, 0.2) is 5.38 Å². The zero-order valence-corrected chi connectivity index (χ0v) is 7.33. The lowest BCUT2D eigenvalue weighted by Gasteiger charge is -2.14. The normalized spacial score (nSPS) is 14.1. The molecule has 1 unspecified atom stereocenters. The van der Waals surface area contributed by atoms with E-state index < -0.39 is 28.8 Å². The Kier molecular flexibility index (Phi) is 2.99. The van der Waals surface area contributed by atoms with Crippen LogP contribution in [0.25, 0.3) is 0 Å². The molecule has 0 aliphatic rings. The van der Waals surface area contributed by atoms with Crippen LogP contribution in [0, 0.1) is 11.6 Å². The van der Waals surface area contributed by atoms with E-state index in [0.29, 0.717) is 12.1 Å². The zero-order chi connectivity index (χ0) is 10.9. The van der Waals surface area contributed by atoms with E-state index in [0.717, 1.165) is 6.07 Å². The van der Waals surface area contributed by atoms with E-state index >= 15 is 0 Å². The van der Waals surface area contributed by atoms with Crippen LogP contribution >= 0.6 is 11.6 Å². The molecule has 0 aromatic heterocycles. The van der Waals surface area contributed by atoms with Gasteiger partial charge in [-0.15, -0.1) is 11.6 Å². The van der Waals surface area contributed by atoms with Gasteiger partial charge in [-0.2, -0.15) is 13.2 Å². The SMILES string of the molecule is Fc1ccc(C(Cl)C(F)(F)F)c(F)c1. The first-order valence-electron chi connectivity index (χ1n) is 3.48. The Hall–Kier alpha value is -0.840. The average molecular weight is 231 g/mol. The zero-order valence-electron chi connectivity index (χ0n) is 6.58. The third-order valence-corrected chi connectivity index (χ3v) is 2.01. The summed E-state index contributed by atoms with van der Waals surface area (Å²) in [6, 6.07) is 1.76. The summed E-state index contributed by atoms with van der Waals surface area (Å²) in [5.41, 5.74) is -0.777. The van der Waals surface area contributed by atoms with Crippen LogP contribution in [-0.4, -0.2) is 6.18 Å². The third-order valence-electron chi connectivity index (χ3n) is 1.52. The van der Waals surface area contributed by atoms with Gasteiger partial charge in [-0.3, -0.25) is 0 Å². The van der Waals surface area contributed by atoms with Crippen molar-refractivity contribution in [1.82, 2.24) is 0 Å². The highest BCUT2D eigenvalue weighted by molar-refractivity contribution is 6.21. The number of benzene rings is 1. The maximum Gasteiger partial charge on any atom is 0.409 e. The Morgan fingerprint density at radius 1 is 1.14 bits per heavy atom. The van der Waals surface area contributed by atoms with Crippen molar-refractivity contribution in [2.24, 2.45) is 0 Å². The molecular formula is C8H4ClF5. The quantitative estimate of drug-likeness (QED) is 0.508. The average Bonchev–Trinajstić information content (AvgIpc) is 2.01. The molecule has 6 heteroatoms. The van der Waals surface area contributed by atoms with Gasteiger partial charge in [-0.1, -0.05) is 6.07 Å². The summed E-state index contributed by atoms with van der Waals surface area (Å²) < 4.78 is 61.2. The van der Waals surface area contributed by atoms with E-state index in [1.807, 2.05) is 0 Å². The van der Waals surface area contributed by atoms with Gasteiger partial charge < -0.3 is 0 Å². The van der Waals surface area contributed by atoms with Crippen LogP contribution in [0.4, 0.5) is 22.0 Å². The standard InChI is InChI=1S/C8H4ClF5/c9-7(8(12,13)14)5-2-1-4(10)3-6(5)11/h1-3,7H. The lowest BCUT2D eigenvalue weighted by Crippen LogP contribution is -2.16. The molecule has 0 radical (unpaired) electrons. The van der Waals surface area contributed by atoms with Gasteiger partial charge in [-0.25, -0.2) is 8.78 Å². The van der Waals surface area contributed by atoms with Gasteiger partial charge in [0.05, 0.1) is 0 Å². The first kappa shape index (κ1) is 11.2. The molecule has 0 heterocycles. The molecule has 1 aromatic carbocycles. The van der Waals surface area contributed by atoms with Crippen molar-refractivity contribution in [3.63, 3.8) is 0 Å². The van der Waals surface area contributed by atoms with E-state index in [2.05, 4.69) is 0 Å². The number of rotatable bonds is 1. The summed E-state index contributed by atoms with van der Waals surface area (Å²) in [4.78, 5) is 0. The highest BCUT2D eigenvalue weighted by atomic mass is 35.5. The van der Waals surface area contributed by atoms with Gasteiger partial charge in [0.2, 0.25) is 0 Å². The fraction of sp³-hybridized carbons (Fsp3) is 0.250. The molecule has 0 aliphatic carbocycles. The minimum absolute atomic E-state index is 0.358. The molecule has 1 rings (SSSR count). The largest absolute Gasteiger partial charge is 0.409 e. The fourth-order valence-electron chi connectivity index (χ4n) is 0.883. The van der Waals surface area contributed by atoms with Gasteiger partial charge in [0.25, 0.3) is 0 Å². The van der Waals surface area contributed by atoms with Crippen LogP contribution in [0.5, 0.6) is 0 Å². The highest BCUT2D eigenvalue weighted by Crippen LogP contribution is 2.38. The Labute approximate surface area is 81.3 Å². The van der Waals surface area contributed by atoms with Crippen molar-refractivity contribution >= 4 is 11.6 Å².